The molecule has 0 bridgehead atoms. The molecule has 21 heavy (non-hydrogen) atoms. The van der Waals surface area contributed by atoms with Gasteiger partial charge in [-0.1, -0.05) is 12.1 Å². The molecular formula is C14H20F3N3O. The molecule has 0 saturated carbocycles. The monoisotopic (exact) mass is 303 g/mol. The van der Waals surface area contributed by atoms with Gasteiger partial charge in [-0.15, -0.1) is 13.2 Å². The van der Waals surface area contributed by atoms with Crippen LogP contribution in [0, 0.1) is 0 Å². The van der Waals surface area contributed by atoms with Crippen molar-refractivity contribution in [2.75, 3.05) is 39.8 Å². The van der Waals surface area contributed by atoms with Gasteiger partial charge in [0.15, 0.2) is 0 Å². The Morgan fingerprint density at radius 2 is 1.71 bits per heavy atom. The van der Waals surface area contributed by atoms with E-state index in [4.69, 9.17) is 5.73 Å². The third kappa shape index (κ3) is 4.59. The first-order valence-corrected chi connectivity index (χ1v) is 6.87. The van der Waals surface area contributed by atoms with Crippen LogP contribution in [0.3, 0.4) is 0 Å². The second kappa shape index (κ2) is 6.64. The van der Waals surface area contributed by atoms with Gasteiger partial charge in [-0.3, -0.25) is 4.90 Å². The summed E-state index contributed by atoms with van der Waals surface area (Å²) >= 11 is 0. The normalized spacial score (nSPS) is 19.5. The maximum Gasteiger partial charge on any atom is 0.573 e. The molecule has 1 aliphatic rings. The third-order valence-corrected chi connectivity index (χ3v) is 3.70. The SMILES string of the molecule is CN1CCN(C(CN)c2ccc(OC(F)(F)F)cc2)CC1. The van der Waals surface area contributed by atoms with Crippen LogP contribution in [-0.2, 0) is 0 Å². The van der Waals surface area contributed by atoms with Gasteiger partial charge in [0.1, 0.15) is 5.75 Å². The summed E-state index contributed by atoms with van der Waals surface area (Å²) < 4.78 is 40.3. The summed E-state index contributed by atoms with van der Waals surface area (Å²) in [4.78, 5) is 4.50. The number of nitrogens with two attached hydrogens (primary N) is 1. The first-order valence-electron chi connectivity index (χ1n) is 6.87. The molecule has 2 rings (SSSR count). The van der Waals surface area contributed by atoms with Crippen molar-refractivity contribution in [2.45, 2.75) is 12.4 Å². The highest BCUT2D eigenvalue weighted by Gasteiger charge is 2.31. The number of benzene rings is 1. The van der Waals surface area contributed by atoms with Crippen molar-refractivity contribution in [1.29, 1.82) is 0 Å². The molecule has 1 heterocycles. The van der Waals surface area contributed by atoms with Crippen LogP contribution in [0.4, 0.5) is 13.2 Å². The van der Waals surface area contributed by atoms with Crippen LogP contribution >= 0.6 is 0 Å². The maximum absolute atomic E-state index is 12.1. The molecule has 2 N–H and O–H groups in total. The van der Waals surface area contributed by atoms with Crippen molar-refractivity contribution in [3.8, 4) is 5.75 Å². The number of ether oxygens (including phenoxy) is 1. The number of piperazine rings is 1. The van der Waals surface area contributed by atoms with Crippen LogP contribution in [0.5, 0.6) is 5.75 Å². The fourth-order valence-electron chi connectivity index (χ4n) is 2.52. The lowest BCUT2D eigenvalue weighted by atomic mass is 10.0. The van der Waals surface area contributed by atoms with Crippen molar-refractivity contribution in [2.24, 2.45) is 5.73 Å². The molecule has 4 nitrogen and oxygen atoms in total. The lowest BCUT2D eigenvalue weighted by molar-refractivity contribution is -0.274. The second-order valence-electron chi connectivity index (χ2n) is 5.21. The number of hydrogen-bond donors (Lipinski definition) is 1. The molecule has 0 aromatic heterocycles. The van der Waals surface area contributed by atoms with E-state index in [-0.39, 0.29) is 11.8 Å². The van der Waals surface area contributed by atoms with Crippen molar-refractivity contribution in [1.82, 2.24) is 9.80 Å². The molecule has 7 heteroatoms. The molecule has 0 radical (unpaired) electrons. The first kappa shape index (κ1) is 16.1. The average molecular weight is 303 g/mol. The molecule has 0 aliphatic carbocycles. The first-order chi connectivity index (χ1) is 9.89. The molecule has 118 valence electrons. The average Bonchev–Trinajstić information content (AvgIpc) is 2.42. The Kier molecular flexibility index (Phi) is 5.08. The number of likely N-dealkylation sites (N-methyl/N-ethyl adjacent to an activating group) is 1. The largest absolute Gasteiger partial charge is 0.573 e. The van der Waals surface area contributed by atoms with E-state index in [2.05, 4.69) is 21.6 Å². The minimum Gasteiger partial charge on any atom is -0.406 e. The molecule has 1 fully saturated rings. The standard InChI is InChI=1S/C14H20F3N3O/c1-19-6-8-20(9-7-19)13(10-18)11-2-4-12(5-3-11)21-14(15,16)17/h2-5,13H,6-10,18H2,1H3. The van der Waals surface area contributed by atoms with Gasteiger partial charge >= 0.3 is 6.36 Å². The Morgan fingerprint density at radius 1 is 1.14 bits per heavy atom. The molecule has 1 aromatic carbocycles. The van der Waals surface area contributed by atoms with Gasteiger partial charge < -0.3 is 15.4 Å². The van der Waals surface area contributed by atoms with E-state index < -0.39 is 6.36 Å². The number of hydrogen-bond acceptors (Lipinski definition) is 4. The smallest absolute Gasteiger partial charge is 0.406 e. The number of rotatable bonds is 4. The van der Waals surface area contributed by atoms with Crippen molar-refractivity contribution < 1.29 is 17.9 Å². The lowest BCUT2D eigenvalue weighted by Crippen LogP contribution is -2.47. The summed E-state index contributed by atoms with van der Waals surface area (Å²) in [6, 6.07) is 6.00. The zero-order chi connectivity index (χ0) is 15.5. The van der Waals surface area contributed by atoms with Gasteiger partial charge in [-0.05, 0) is 24.7 Å². The van der Waals surface area contributed by atoms with Crippen molar-refractivity contribution >= 4 is 0 Å². The van der Waals surface area contributed by atoms with E-state index in [9.17, 15) is 13.2 Å². The highest BCUT2D eigenvalue weighted by atomic mass is 19.4. The predicted molar refractivity (Wildman–Crippen MR) is 74.0 cm³/mol. The van der Waals surface area contributed by atoms with Crippen LogP contribution in [0.25, 0.3) is 0 Å². The van der Waals surface area contributed by atoms with E-state index in [1.54, 1.807) is 12.1 Å². The highest BCUT2D eigenvalue weighted by molar-refractivity contribution is 5.29. The van der Waals surface area contributed by atoms with Crippen LogP contribution < -0.4 is 10.5 Å². The Bertz CT molecular complexity index is 442. The zero-order valence-electron chi connectivity index (χ0n) is 11.9. The van der Waals surface area contributed by atoms with Crippen LogP contribution in [0.2, 0.25) is 0 Å². The fourth-order valence-corrected chi connectivity index (χ4v) is 2.52. The molecule has 1 unspecified atom stereocenters. The Balaban J connectivity index is 2.05. The van der Waals surface area contributed by atoms with E-state index in [1.807, 2.05) is 0 Å². The van der Waals surface area contributed by atoms with Gasteiger partial charge in [0.05, 0.1) is 0 Å². The molecule has 1 aromatic rings. The maximum atomic E-state index is 12.1. The Hall–Kier alpha value is -1.31. The van der Waals surface area contributed by atoms with E-state index in [0.717, 1.165) is 31.7 Å². The summed E-state index contributed by atoms with van der Waals surface area (Å²) in [6.07, 6.45) is -4.66. The Labute approximate surface area is 122 Å². The highest BCUT2D eigenvalue weighted by Crippen LogP contribution is 2.26. The predicted octanol–water partition coefficient (Wildman–Crippen LogP) is 1.83. The molecular weight excluding hydrogens is 283 g/mol. The van der Waals surface area contributed by atoms with Gasteiger partial charge in [0.25, 0.3) is 0 Å². The van der Waals surface area contributed by atoms with E-state index >= 15 is 0 Å². The lowest BCUT2D eigenvalue weighted by Gasteiger charge is -2.37. The fraction of sp³-hybridized carbons (Fsp3) is 0.571. The van der Waals surface area contributed by atoms with Crippen LogP contribution in [0.1, 0.15) is 11.6 Å². The van der Waals surface area contributed by atoms with E-state index in [1.165, 1.54) is 12.1 Å². The third-order valence-electron chi connectivity index (χ3n) is 3.70. The Morgan fingerprint density at radius 3 is 2.19 bits per heavy atom. The van der Waals surface area contributed by atoms with Gasteiger partial charge in [0.2, 0.25) is 0 Å². The van der Waals surface area contributed by atoms with Crippen LogP contribution in [-0.4, -0.2) is 55.9 Å². The van der Waals surface area contributed by atoms with Gasteiger partial charge in [-0.2, -0.15) is 0 Å². The summed E-state index contributed by atoms with van der Waals surface area (Å²) in [5, 5.41) is 0. The molecule has 0 spiro atoms. The minimum absolute atomic E-state index is 0.0265. The molecule has 1 atom stereocenters. The number of nitrogens with zero attached hydrogens (tertiary/aromatic N) is 2. The van der Waals surface area contributed by atoms with E-state index in [0.29, 0.717) is 6.54 Å². The summed E-state index contributed by atoms with van der Waals surface area (Å²) in [5.41, 5.74) is 6.76. The van der Waals surface area contributed by atoms with Gasteiger partial charge in [0, 0.05) is 38.8 Å². The summed E-state index contributed by atoms with van der Waals surface area (Å²) in [6.45, 7) is 4.17. The molecule has 1 saturated heterocycles. The summed E-state index contributed by atoms with van der Waals surface area (Å²) in [5.74, 6) is -0.208. The summed E-state index contributed by atoms with van der Waals surface area (Å²) in [7, 11) is 2.07. The second-order valence-corrected chi connectivity index (χ2v) is 5.21. The number of alkyl halides is 3. The minimum atomic E-state index is -4.66. The molecule has 1 aliphatic heterocycles. The topological polar surface area (TPSA) is 41.7 Å². The van der Waals surface area contributed by atoms with Gasteiger partial charge in [-0.25, -0.2) is 0 Å². The number of halogens is 3. The van der Waals surface area contributed by atoms with Crippen molar-refractivity contribution in [3.63, 3.8) is 0 Å². The zero-order valence-corrected chi connectivity index (χ0v) is 11.9. The van der Waals surface area contributed by atoms with Crippen molar-refractivity contribution in [3.05, 3.63) is 29.8 Å². The quantitative estimate of drug-likeness (QED) is 0.921. The molecule has 0 amide bonds. The van der Waals surface area contributed by atoms with Crippen LogP contribution in [0.15, 0.2) is 24.3 Å².